The van der Waals surface area contributed by atoms with E-state index >= 15 is 0 Å². The second-order valence-corrected chi connectivity index (χ2v) is 8.09. The maximum atomic E-state index is 13.5. The second-order valence-electron chi connectivity index (χ2n) is 7.11. The van der Waals surface area contributed by atoms with Crippen LogP contribution in [0.25, 0.3) is 5.57 Å². The standard InChI is InChI=1S/C25H20FNO3S/c1-16-8-13-21(30-2)20(14-16)27-24(28)22(18-9-11-19(26)12-10-18)23(25(27)29)31-15-17-6-4-3-5-7-17/h3-14H,15H2,1-2H3. The molecule has 1 aliphatic rings. The first-order chi connectivity index (χ1) is 15.0. The van der Waals surface area contributed by atoms with Crippen molar-refractivity contribution in [3.8, 4) is 5.75 Å². The molecule has 0 radical (unpaired) electrons. The van der Waals surface area contributed by atoms with E-state index in [-0.39, 0.29) is 5.57 Å². The average molecular weight is 434 g/mol. The van der Waals surface area contributed by atoms with Gasteiger partial charge in [-0.1, -0.05) is 48.5 Å². The Morgan fingerprint density at radius 3 is 2.32 bits per heavy atom. The monoisotopic (exact) mass is 433 g/mol. The lowest BCUT2D eigenvalue weighted by Gasteiger charge is -2.19. The number of hydrogen-bond donors (Lipinski definition) is 0. The molecule has 3 aromatic carbocycles. The van der Waals surface area contributed by atoms with Gasteiger partial charge in [-0.05, 0) is 47.9 Å². The fourth-order valence-electron chi connectivity index (χ4n) is 3.44. The molecule has 4 nitrogen and oxygen atoms in total. The molecule has 3 aromatic rings. The van der Waals surface area contributed by atoms with Gasteiger partial charge in [0.25, 0.3) is 11.8 Å². The van der Waals surface area contributed by atoms with E-state index in [1.165, 1.54) is 43.1 Å². The number of nitrogens with zero attached hydrogens (tertiary/aromatic N) is 1. The van der Waals surface area contributed by atoms with Crippen LogP contribution in [0.2, 0.25) is 0 Å². The summed E-state index contributed by atoms with van der Waals surface area (Å²) in [6, 6.07) is 20.7. The van der Waals surface area contributed by atoms with E-state index in [9.17, 15) is 14.0 Å². The van der Waals surface area contributed by atoms with Crippen molar-refractivity contribution < 1.29 is 18.7 Å². The third kappa shape index (κ3) is 4.11. The smallest absolute Gasteiger partial charge is 0.272 e. The molecule has 6 heteroatoms. The largest absolute Gasteiger partial charge is 0.495 e. The quantitative estimate of drug-likeness (QED) is 0.491. The van der Waals surface area contributed by atoms with Crippen molar-refractivity contribution in [3.63, 3.8) is 0 Å². The fraction of sp³-hybridized carbons (Fsp3) is 0.120. The van der Waals surface area contributed by atoms with Crippen molar-refractivity contribution in [3.05, 3.63) is 100 Å². The van der Waals surface area contributed by atoms with Crippen LogP contribution in [-0.2, 0) is 15.3 Å². The summed E-state index contributed by atoms with van der Waals surface area (Å²) in [5.74, 6) is -0.305. The number of amides is 2. The highest BCUT2D eigenvalue weighted by atomic mass is 32.2. The number of anilines is 1. The van der Waals surface area contributed by atoms with Gasteiger partial charge < -0.3 is 4.74 Å². The molecule has 156 valence electrons. The molecule has 4 rings (SSSR count). The van der Waals surface area contributed by atoms with E-state index < -0.39 is 17.6 Å². The molecule has 0 N–H and O–H groups in total. The van der Waals surface area contributed by atoms with Crippen LogP contribution in [0.3, 0.4) is 0 Å². The predicted octanol–water partition coefficient (Wildman–Crippen LogP) is 5.36. The number of aryl methyl sites for hydroxylation is 1. The Hall–Kier alpha value is -3.38. The van der Waals surface area contributed by atoms with E-state index in [1.54, 1.807) is 12.1 Å². The third-order valence-corrected chi connectivity index (χ3v) is 6.12. The van der Waals surface area contributed by atoms with Crippen molar-refractivity contribution in [2.75, 3.05) is 12.0 Å². The van der Waals surface area contributed by atoms with Crippen LogP contribution in [-0.4, -0.2) is 18.9 Å². The van der Waals surface area contributed by atoms with Gasteiger partial charge in [0, 0.05) is 5.75 Å². The van der Waals surface area contributed by atoms with Gasteiger partial charge in [-0.3, -0.25) is 9.59 Å². The Labute approximate surface area is 184 Å². The Morgan fingerprint density at radius 1 is 0.935 bits per heavy atom. The Balaban J connectivity index is 1.78. The molecule has 2 amide bonds. The van der Waals surface area contributed by atoms with E-state index in [0.29, 0.717) is 27.7 Å². The number of thioether (sulfide) groups is 1. The number of imide groups is 1. The van der Waals surface area contributed by atoms with Crippen LogP contribution in [0, 0.1) is 12.7 Å². The van der Waals surface area contributed by atoms with Gasteiger partial charge in [-0.15, -0.1) is 11.8 Å². The molecule has 0 unspecified atom stereocenters. The average Bonchev–Trinajstić information content (AvgIpc) is 3.03. The van der Waals surface area contributed by atoms with Crippen molar-refractivity contribution >= 4 is 34.8 Å². The minimum absolute atomic E-state index is 0.273. The number of benzene rings is 3. The van der Waals surface area contributed by atoms with Crippen LogP contribution in [0.5, 0.6) is 5.75 Å². The molecule has 0 atom stereocenters. The molecule has 0 spiro atoms. The number of methoxy groups -OCH3 is 1. The van der Waals surface area contributed by atoms with Crippen LogP contribution in [0.1, 0.15) is 16.7 Å². The summed E-state index contributed by atoms with van der Waals surface area (Å²) < 4.78 is 18.9. The summed E-state index contributed by atoms with van der Waals surface area (Å²) >= 11 is 1.31. The molecule has 0 saturated carbocycles. The lowest BCUT2D eigenvalue weighted by molar-refractivity contribution is -0.119. The SMILES string of the molecule is COc1ccc(C)cc1N1C(=O)C(SCc2ccccc2)=C(c2ccc(F)cc2)C1=O. The molecule has 0 saturated heterocycles. The van der Waals surface area contributed by atoms with E-state index in [2.05, 4.69) is 0 Å². The number of hydrogen-bond acceptors (Lipinski definition) is 4. The second kappa shape index (κ2) is 8.78. The number of rotatable bonds is 6. The van der Waals surface area contributed by atoms with Gasteiger partial charge in [0.05, 0.1) is 23.3 Å². The normalized spacial score (nSPS) is 13.8. The van der Waals surface area contributed by atoms with Crippen molar-refractivity contribution in [1.82, 2.24) is 0 Å². The molecule has 0 aromatic heterocycles. The van der Waals surface area contributed by atoms with Gasteiger partial charge >= 0.3 is 0 Å². The third-order valence-electron chi connectivity index (χ3n) is 4.98. The first-order valence-corrected chi connectivity index (χ1v) is 10.7. The first-order valence-electron chi connectivity index (χ1n) is 9.70. The summed E-state index contributed by atoms with van der Waals surface area (Å²) in [6.07, 6.45) is 0. The predicted molar refractivity (Wildman–Crippen MR) is 121 cm³/mol. The van der Waals surface area contributed by atoms with E-state index in [0.717, 1.165) is 16.0 Å². The van der Waals surface area contributed by atoms with Crippen LogP contribution < -0.4 is 9.64 Å². The summed E-state index contributed by atoms with van der Waals surface area (Å²) in [6.45, 7) is 1.88. The van der Waals surface area contributed by atoms with E-state index in [1.807, 2.05) is 43.3 Å². The number of halogens is 1. The highest BCUT2D eigenvalue weighted by Gasteiger charge is 2.41. The number of ether oxygens (including phenoxy) is 1. The minimum atomic E-state index is -0.448. The zero-order chi connectivity index (χ0) is 22.0. The van der Waals surface area contributed by atoms with E-state index in [4.69, 9.17) is 4.74 Å². The molecule has 0 aliphatic carbocycles. The van der Waals surface area contributed by atoms with Crippen molar-refractivity contribution in [2.45, 2.75) is 12.7 Å². The lowest BCUT2D eigenvalue weighted by atomic mass is 10.1. The molecule has 0 fully saturated rings. The maximum Gasteiger partial charge on any atom is 0.272 e. The molecule has 31 heavy (non-hydrogen) atoms. The molecular formula is C25H20FNO3S. The Bertz CT molecular complexity index is 1170. The minimum Gasteiger partial charge on any atom is -0.495 e. The molecular weight excluding hydrogens is 413 g/mol. The summed E-state index contributed by atoms with van der Waals surface area (Å²) in [5.41, 5.74) is 3.10. The fourth-order valence-corrected chi connectivity index (χ4v) is 4.51. The maximum absolute atomic E-state index is 13.5. The van der Waals surface area contributed by atoms with Crippen LogP contribution in [0.4, 0.5) is 10.1 Å². The van der Waals surface area contributed by atoms with Gasteiger partial charge in [0.1, 0.15) is 11.6 Å². The zero-order valence-corrected chi connectivity index (χ0v) is 17.9. The van der Waals surface area contributed by atoms with Gasteiger partial charge in [0.15, 0.2) is 0 Å². The highest BCUT2D eigenvalue weighted by Crippen LogP contribution is 2.42. The van der Waals surface area contributed by atoms with Crippen LogP contribution in [0.15, 0.2) is 77.7 Å². The van der Waals surface area contributed by atoms with Crippen LogP contribution >= 0.6 is 11.8 Å². The van der Waals surface area contributed by atoms with Gasteiger partial charge in [0.2, 0.25) is 0 Å². The Kier molecular flexibility index (Phi) is 5.91. The molecule has 0 bridgehead atoms. The van der Waals surface area contributed by atoms with Gasteiger partial charge in [-0.2, -0.15) is 0 Å². The summed E-state index contributed by atoms with van der Waals surface area (Å²) in [5, 5.41) is 0. The molecule has 1 aliphatic heterocycles. The first kappa shape index (κ1) is 20.9. The highest BCUT2D eigenvalue weighted by molar-refractivity contribution is 8.03. The zero-order valence-electron chi connectivity index (χ0n) is 17.1. The van der Waals surface area contributed by atoms with Gasteiger partial charge in [-0.25, -0.2) is 9.29 Å². The van der Waals surface area contributed by atoms with Crippen molar-refractivity contribution in [1.29, 1.82) is 0 Å². The Morgan fingerprint density at radius 2 is 1.65 bits per heavy atom. The number of carbonyl (C=O) groups is 2. The molecule has 1 heterocycles. The lowest BCUT2D eigenvalue weighted by Crippen LogP contribution is -2.31. The number of carbonyl (C=O) groups excluding carboxylic acids is 2. The topological polar surface area (TPSA) is 46.6 Å². The summed E-state index contributed by atoms with van der Waals surface area (Å²) in [7, 11) is 1.50. The summed E-state index contributed by atoms with van der Waals surface area (Å²) in [4.78, 5) is 28.4. The van der Waals surface area contributed by atoms with Crippen molar-refractivity contribution in [2.24, 2.45) is 0 Å².